The summed E-state index contributed by atoms with van der Waals surface area (Å²) in [5, 5.41) is 14.1. The van der Waals surface area contributed by atoms with Crippen molar-refractivity contribution in [1.29, 1.82) is 0 Å². The van der Waals surface area contributed by atoms with E-state index in [4.69, 9.17) is 5.84 Å². The zero-order valence-electron chi connectivity index (χ0n) is 11.8. The molecule has 116 valence electrons. The highest BCUT2D eigenvalue weighted by atomic mass is 32.2. The molecule has 1 aromatic rings. The molecule has 1 aliphatic rings. The Labute approximate surface area is 126 Å². The molecule has 0 atom stereocenters. The predicted molar refractivity (Wildman–Crippen MR) is 83.5 cm³/mol. The summed E-state index contributed by atoms with van der Waals surface area (Å²) in [5.41, 5.74) is 2.49. The van der Waals surface area contributed by atoms with Gasteiger partial charge in [-0.15, -0.1) is 0 Å². The van der Waals surface area contributed by atoms with Crippen LogP contribution in [0.4, 0.5) is 17.5 Å². The monoisotopic (exact) mass is 313 g/mol. The normalized spacial score (nSPS) is 15.7. The lowest BCUT2D eigenvalue weighted by atomic mass is 10.3. The molecule has 1 aliphatic heterocycles. The van der Waals surface area contributed by atoms with E-state index in [2.05, 4.69) is 25.6 Å². The Hall–Kier alpha value is -1.65. The van der Waals surface area contributed by atoms with Gasteiger partial charge >= 0.3 is 5.69 Å². The number of thioether (sulfide) groups is 1. The van der Waals surface area contributed by atoms with Crippen LogP contribution in [0.1, 0.15) is 5.69 Å². The van der Waals surface area contributed by atoms with E-state index in [0.29, 0.717) is 6.54 Å². The standard InChI is InChI=1S/C11H19N7O2S/c1-8-9(18(19)20)10(15-11(14-8)16-12)13-2-3-17-4-6-21-7-5-17/h2-7,12H2,1H3,(H2,13,14,15,16). The topological polar surface area (TPSA) is 122 Å². The van der Waals surface area contributed by atoms with Gasteiger partial charge in [-0.25, -0.2) is 10.8 Å². The Morgan fingerprint density at radius 2 is 2.14 bits per heavy atom. The number of nitrogens with two attached hydrogens (primary N) is 1. The van der Waals surface area contributed by atoms with Crippen LogP contribution in [0.25, 0.3) is 0 Å². The molecule has 0 radical (unpaired) electrons. The first-order chi connectivity index (χ1) is 10.1. The molecule has 0 spiro atoms. The van der Waals surface area contributed by atoms with Gasteiger partial charge < -0.3 is 5.32 Å². The van der Waals surface area contributed by atoms with Crippen molar-refractivity contribution >= 4 is 29.2 Å². The largest absolute Gasteiger partial charge is 0.363 e. The summed E-state index contributed by atoms with van der Waals surface area (Å²) in [7, 11) is 0. The Bertz CT molecular complexity index is 508. The number of hydrogen-bond donors (Lipinski definition) is 3. The maximum Gasteiger partial charge on any atom is 0.332 e. The molecule has 1 aromatic heterocycles. The van der Waals surface area contributed by atoms with Crippen LogP contribution < -0.4 is 16.6 Å². The van der Waals surface area contributed by atoms with Crippen molar-refractivity contribution in [2.45, 2.75) is 6.92 Å². The summed E-state index contributed by atoms with van der Waals surface area (Å²) in [6.07, 6.45) is 0. The van der Waals surface area contributed by atoms with Crippen LogP contribution in [0.2, 0.25) is 0 Å². The fourth-order valence-corrected chi connectivity index (χ4v) is 3.11. The van der Waals surface area contributed by atoms with Gasteiger partial charge in [0, 0.05) is 37.7 Å². The quantitative estimate of drug-likeness (QED) is 0.390. The minimum Gasteiger partial charge on any atom is -0.363 e. The maximum absolute atomic E-state index is 11.1. The zero-order chi connectivity index (χ0) is 15.2. The van der Waals surface area contributed by atoms with Crippen LogP contribution >= 0.6 is 11.8 Å². The highest BCUT2D eigenvalue weighted by Gasteiger charge is 2.22. The summed E-state index contributed by atoms with van der Waals surface area (Å²) in [6, 6.07) is 0. The molecule has 0 saturated carbocycles. The lowest BCUT2D eigenvalue weighted by molar-refractivity contribution is -0.385. The highest BCUT2D eigenvalue weighted by Crippen LogP contribution is 2.26. The predicted octanol–water partition coefficient (Wildman–Crippen LogP) is 0.440. The highest BCUT2D eigenvalue weighted by molar-refractivity contribution is 7.99. The smallest absolute Gasteiger partial charge is 0.332 e. The number of anilines is 2. The number of nitrogens with one attached hydrogen (secondary N) is 2. The summed E-state index contributed by atoms with van der Waals surface area (Å²) in [4.78, 5) is 20.9. The number of rotatable bonds is 6. The molecule has 21 heavy (non-hydrogen) atoms. The lowest BCUT2D eigenvalue weighted by Crippen LogP contribution is -2.36. The van der Waals surface area contributed by atoms with Gasteiger partial charge in [0.05, 0.1) is 4.92 Å². The second kappa shape index (κ2) is 7.38. The van der Waals surface area contributed by atoms with E-state index in [-0.39, 0.29) is 23.1 Å². The third-order valence-electron chi connectivity index (χ3n) is 3.19. The van der Waals surface area contributed by atoms with Crippen molar-refractivity contribution in [3.8, 4) is 0 Å². The van der Waals surface area contributed by atoms with Crippen LogP contribution in [0.15, 0.2) is 0 Å². The molecule has 0 aromatic carbocycles. The fourth-order valence-electron chi connectivity index (χ4n) is 2.13. The molecule has 2 rings (SSSR count). The Morgan fingerprint density at radius 3 is 2.76 bits per heavy atom. The van der Waals surface area contributed by atoms with E-state index in [1.807, 2.05) is 11.8 Å². The minimum absolute atomic E-state index is 0.108. The lowest BCUT2D eigenvalue weighted by Gasteiger charge is -2.26. The summed E-state index contributed by atoms with van der Waals surface area (Å²) in [5.74, 6) is 7.90. The first-order valence-corrected chi connectivity index (χ1v) is 7.81. The van der Waals surface area contributed by atoms with E-state index in [0.717, 1.165) is 31.1 Å². The molecule has 9 nitrogen and oxygen atoms in total. The average Bonchev–Trinajstić information content (AvgIpc) is 2.47. The van der Waals surface area contributed by atoms with Crippen molar-refractivity contribution in [3.05, 3.63) is 15.8 Å². The molecule has 10 heteroatoms. The van der Waals surface area contributed by atoms with Gasteiger partial charge in [-0.2, -0.15) is 16.7 Å². The van der Waals surface area contributed by atoms with Gasteiger partial charge in [-0.3, -0.25) is 20.4 Å². The van der Waals surface area contributed by atoms with Crippen molar-refractivity contribution in [1.82, 2.24) is 14.9 Å². The second-order valence-corrected chi connectivity index (χ2v) is 5.84. The number of aryl methyl sites for hydroxylation is 1. The molecular weight excluding hydrogens is 294 g/mol. The molecule has 0 bridgehead atoms. The SMILES string of the molecule is Cc1nc(NN)nc(NCCN2CCSCC2)c1[N+](=O)[O-]. The third kappa shape index (κ3) is 4.16. The van der Waals surface area contributed by atoms with Gasteiger partial charge in [0.2, 0.25) is 11.8 Å². The van der Waals surface area contributed by atoms with Gasteiger partial charge in [0.1, 0.15) is 5.69 Å². The van der Waals surface area contributed by atoms with E-state index in [9.17, 15) is 10.1 Å². The molecule has 1 fully saturated rings. The van der Waals surface area contributed by atoms with Gasteiger partial charge in [0.25, 0.3) is 0 Å². The van der Waals surface area contributed by atoms with E-state index in [1.54, 1.807) is 6.92 Å². The van der Waals surface area contributed by atoms with E-state index >= 15 is 0 Å². The Balaban J connectivity index is 2.03. The van der Waals surface area contributed by atoms with Crippen LogP contribution in [0, 0.1) is 17.0 Å². The Kier molecular flexibility index (Phi) is 5.53. The van der Waals surface area contributed by atoms with Gasteiger partial charge in [-0.05, 0) is 6.92 Å². The van der Waals surface area contributed by atoms with Crippen LogP contribution in [-0.2, 0) is 0 Å². The molecule has 0 aliphatic carbocycles. The summed E-state index contributed by atoms with van der Waals surface area (Å²) >= 11 is 1.95. The molecule has 1 saturated heterocycles. The molecule has 4 N–H and O–H groups in total. The van der Waals surface area contributed by atoms with Crippen LogP contribution in [-0.4, -0.2) is 57.5 Å². The molecule has 2 heterocycles. The number of nitrogen functional groups attached to an aromatic ring is 1. The number of hydrogen-bond acceptors (Lipinski definition) is 9. The molecule has 0 unspecified atom stereocenters. The number of nitro groups is 1. The van der Waals surface area contributed by atoms with E-state index < -0.39 is 4.92 Å². The van der Waals surface area contributed by atoms with Crippen molar-refractivity contribution in [2.24, 2.45) is 5.84 Å². The number of aromatic nitrogens is 2. The zero-order valence-corrected chi connectivity index (χ0v) is 12.7. The van der Waals surface area contributed by atoms with Crippen LogP contribution in [0.5, 0.6) is 0 Å². The van der Waals surface area contributed by atoms with Gasteiger partial charge in [-0.1, -0.05) is 0 Å². The summed E-state index contributed by atoms with van der Waals surface area (Å²) < 4.78 is 0. The Morgan fingerprint density at radius 1 is 1.43 bits per heavy atom. The van der Waals surface area contributed by atoms with Gasteiger partial charge in [0.15, 0.2) is 0 Å². The van der Waals surface area contributed by atoms with Crippen molar-refractivity contribution in [3.63, 3.8) is 0 Å². The average molecular weight is 313 g/mol. The van der Waals surface area contributed by atoms with E-state index in [1.165, 1.54) is 0 Å². The van der Waals surface area contributed by atoms with Crippen molar-refractivity contribution < 1.29 is 4.92 Å². The maximum atomic E-state index is 11.1. The summed E-state index contributed by atoms with van der Waals surface area (Å²) in [6.45, 7) is 5.07. The van der Waals surface area contributed by atoms with Crippen molar-refractivity contribution in [2.75, 3.05) is 48.4 Å². The number of hydrazine groups is 1. The molecular formula is C11H19N7O2S. The number of nitrogens with zero attached hydrogens (tertiary/aromatic N) is 4. The minimum atomic E-state index is -0.477. The first kappa shape index (κ1) is 15.7. The molecule has 0 amide bonds. The first-order valence-electron chi connectivity index (χ1n) is 6.65. The third-order valence-corrected chi connectivity index (χ3v) is 4.14. The van der Waals surface area contributed by atoms with Crippen LogP contribution in [0.3, 0.4) is 0 Å². The second-order valence-electron chi connectivity index (χ2n) is 4.61. The fraction of sp³-hybridized carbons (Fsp3) is 0.636.